The Bertz CT molecular complexity index is 325. The van der Waals surface area contributed by atoms with Crippen molar-refractivity contribution < 1.29 is 9.53 Å². The smallest absolute Gasteiger partial charge is 0.252 e. The van der Waals surface area contributed by atoms with Crippen molar-refractivity contribution in [3.8, 4) is 5.75 Å². The monoisotopic (exact) mass is 199 g/mol. The van der Waals surface area contributed by atoms with E-state index in [0.29, 0.717) is 17.2 Å². The molecule has 0 atom stereocenters. The molecule has 0 aliphatic rings. The fraction of sp³-hybridized carbons (Fsp3) is 0.222. The summed E-state index contributed by atoms with van der Waals surface area (Å²) in [4.78, 5) is 10.9. The molecule has 0 heterocycles. The van der Waals surface area contributed by atoms with Gasteiger partial charge in [0.25, 0.3) is 5.91 Å². The zero-order valence-electron chi connectivity index (χ0n) is 7.21. The maximum Gasteiger partial charge on any atom is 0.252 e. The van der Waals surface area contributed by atoms with E-state index < -0.39 is 5.91 Å². The highest BCUT2D eigenvalue weighted by atomic mass is 35.5. The lowest BCUT2D eigenvalue weighted by Gasteiger charge is -2.06. The molecule has 0 spiro atoms. The maximum atomic E-state index is 10.9. The number of methoxy groups -OCH3 is 1. The maximum absolute atomic E-state index is 10.9. The predicted octanol–water partition coefficient (Wildman–Crippen LogP) is 1.53. The first kappa shape index (κ1) is 9.86. The van der Waals surface area contributed by atoms with Crippen molar-refractivity contribution in [1.29, 1.82) is 0 Å². The van der Waals surface area contributed by atoms with Gasteiger partial charge in [-0.1, -0.05) is 6.07 Å². The van der Waals surface area contributed by atoms with Crippen LogP contribution in [0.1, 0.15) is 15.9 Å². The average Bonchev–Trinajstić information content (AvgIpc) is 2.16. The van der Waals surface area contributed by atoms with E-state index in [-0.39, 0.29) is 0 Å². The Morgan fingerprint density at radius 1 is 1.62 bits per heavy atom. The summed E-state index contributed by atoms with van der Waals surface area (Å²) in [6, 6.07) is 5.10. The fourth-order valence-corrected chi connectivity index (χ4v) is 1.20. The molecule has 0 aliphatic heterocycles. The van der Waals surface area contributed by atoms with Crippen molar-refractivity contribution in [3.63, 3.8) is 0 Å². The van der Waals surface area contributed by atoms with Gasteiger partial charge in [-0.25, -0.2) is 0 Å². The molecule has 0 radical (unpaired) electrons. The number of hydrogen-bond acceptors (Lipinski definition) is 2. The van der Waals surface area contributed by atoms with Crippen LogP contribution in [0.5, 0.6) is 5.75 Å². The highest BCUT2D eigenvalue weighted by Crippen LogP contribution is 2.19. The minimum Gasteiger partial charge on any atom is -0.496 e. The highest BCUT2D eigenvalue weighted by molar-refractivity contribution is 6.17. The molecule has 0 fully saturated rings. The first-order valence-electron chi connectivity index (χ1n) is 3.71. The lowest BCUT2D eigenvalue weighted by Crippen LogP contribution is -2.12. The quantitative estimate of drug-likeness (QED) is 0.751. The van der Waals surface area contributed by atoms with Crippen molar-refractivity contribution in [3.05, 3.63) is 29.3 Å². The zero-order valence-corrected chi connectivity index (χ0v) is 7.97. The van der Waals surface area contributed by atoms with Gasteiger partial charge in [-0.2, -0.15) is 0 Å². The molecular weight excluding hydrogens is 190 g/mol. The number of nitrogens with two attached hydrogens (primary N) is 1. The molecule has 1 aromatic rings. The van der Waals surface area contributed by atoms with E-state index in [4.69, 9.17) is 22.1 Å². The summed E-state index contributed by atoms with van der Waals surface area (Å²) in [7, 11) is 1.49. The molecular formula is C9H10ClNO2. The number of ether oxygens (including phenoxy) is 1. The van der Waals surface area contributed by atoms with Crippen LogP contribution in [0.15, 0.2) is 18.2 Å². The van der Waals surface area contributed by atoms with Gasteiger partial charge in [0, 0.05) is 5.88 Å². The van der Waals surface area contributed by atoms with Crippen LogP contribution in [0.25, 0.3) is 0 Å². The minimum absolute atomic E-state index is 0.351. The summed E-state index contributed by atoms with van der Waals surface area (Å²) in [5.41, 5.74) is 6.36. The topological polar surface area (TPSA) is 52.3 Å². The minimum atomic E-state index is -0.510. The average molecular weight is 200 g/mol. The number of carbonyl (C=O) groups excluding carboxylic acids is 1. The third-order valence-corrected chi connectivity index (χ3v) is 1.99. The summed E-state index contributed by atoms with van der Waals surface area (Å²) in [6.45, 7) is 0. The van der Waals surface area contributed by atoms with Crippen LogP contribution >= 0.6 is 11.6 Å². The Hall–Kier alpha value is -1.22. The number of benzene rings is 1. The van der Waals surface area contributed by atoms with Gasteiger partial charge in [-0.15, -0.1) is 11.6 Å². The summed E-state index contributed by atoms with van der Waals surface area (Å²) >= 11 is 5.61. The van der Waals surface area contributed by atoms with E-state index in [1.165, 1.54) is 7.11 Å². The second-order valence-corrected chi connectivity index (χ2v) is 2.80. The van der Waals surface area contributed by atoms with Crippen LogP contribution < -0.4 is 10.5 Å². The molecule has 0 bridgehead atoms. The Morgan fingerprint density at radius 2 is 2.31 bits per heavy atom. The summed E-state index contributed by atoms with van der Waals surface area (Å²) in [5.74, 6) is 0.315. The normalized spacial score (nSPS) is 9.69. The molecule has 1 aromatic carbocycles. The van der Waals surface area contributed by atoms with E-state index >= 15 is 0 Å². The molecule has 0 aromatic heterocycles. The van der Waals surface area contributed by atoms with Crippen LogP contribution in [-0.2, 0) is 5.88 Å². The number of hydrogen-bond donors (Lipinski definition) is 1. The van der Waals surface area contributed by atoms with Crippen molar-refractivity contribution in [2.24, 2.45) is 5.73 Å². The van der Waals surface area contributed by atoms with Gasteiger partial charge in [0.15, 0.2) is 0 Å². The Kier molecular flexibility index (Phi) is 3.14. The number of primary amides is 1. The first-order valence-corrected chi connectivity index (χ1v) is 4.25. The molecule has 13 heavy (non-hydrogen) atoms. The molecule has 1 rings (SSSR count). The molecule has 4 heteroatoms. The third-order valence-electron chi connectivity index (χ3n) is 1.68. The summed E-state index contributed by atoms with van der Waals surface area (Å²) < 4.78 is 4.96. The van der Waals surface area contributed by atoms with Crippen LogP contribution in [0.2, 0.25) is 0 Å². The SMILES string of the molecule is COc1ccc(CCl)cc1C(N)=O. The van der Waals surface area contributed by atoms with Crippen LogP contribution in [0.4, 0.5) is 0 Å². The zero-order chi connectivity index (χ0) is 9.84. The Labute approximate surface area is 81.4 Å². The van der Waals surface area contributed by atoms with Gasteiger partial charge >= 0.3 is 0 Å². The van der Waals surface area contributed by atoms with E-state index in [2.05, 4.69) is 0 Å². The highest BCUT2D eigenvalue weighted by Gasteiger charge is 2.08. The van der Waals surface area contributed by atoms with Crippen LogP contribution in [-0.4, -0.2) is 13.0 Å². The summed E-state index contributed by atoms with van der Waals surface area (Å²) in [6.07, 6.45) is 0. The number of rotatable bonds is 3. The van der Waals surface area contributed by atoms with Crippen molar-refractivity contribution >= 4 is 17.5 Å². The van der Waals surface area contributed by atoms with E-state index in [1.807, 2.05) is 0 Å². The van der Waals surface area contributed by atoms with Crippen molar-refractivity contribution in [1.82, 2.24) is 0 Å². The summed E-state index contributed by atoms with van der Waals surface area (Å²) in [5, 5.41) is 0. The van der Waals surface area contributed by atoms with Crippen LogP contribution in [0, 0.1) is 0 Å². The van der Waals surface area contributed by atoms with E-state index in [0.717, 1.165) is 5.56 Å². The number of halogens is 1. The first-order chi connectivity index (χ1) is 6.19. The molecule has 0 aliphatic carbocycles. The molecule has 0 saturated heterocycles. The Balaban J connectivity index is 3.18. The largest absolute Gasteiger partial charge is 0.496 e. The second kappa shape index (κ2) is 4.14. The number of amides is 1. The number of carbonyl (C=O) groups is 1. The van der Waals surface area contributed by atoms with Gasteiger partial charge in [-0.3, -0.25) is 4.79 Å². The van der Waals surface area contributed by atoms with Gasteiger partial charge in [0.05, 0.1) is 12.7 Å². The van der Waals surface area contributed by atoms with Gasteiger partial charge < -0.3 is 10.5 Å². The Morgan fingerprint density at radius 3 is 2.77 bits per heavy atom. The molecule has 0 unspecified atom stereocenters. The fourth-order valence-electron chi connectivity index (χ4n) is 1.03. The lowest BCUT2D eigenvalue weighted by molar-refractivity contribution is 0.0997. The third kappa shape index (κ3) is 2.12. The van der Waals surface area contributed by atoms with E-state index in [9.17, 15) is 4.79 Å². The molecule has 2 N–H and O–H groups in total. The van der Waals surface area contributed by atoms with Crippen molar-refractivity contribution in [2.75, 3.05) is 7.11 Å². The van der Waals surface area contributed by atoms with Crippen molar-refractivity contribution in [2.45, 2.75) is 5.88 Å². The lowest BCUT2D eigenvalue weighted by atomic mass is 10.1. The molecule has 0 saturated carbocycles. The predicted molar refractivity (Wildman–Crippen MR) is 51.1 cm³/mol. The van der Waals surface area contributed by atoms with Gasteiger partial charge in [-0.05, 0) is 17.7 Å². The van der Waals surface area contributed by atoms with E-state index in [1.54, 1.807) is 18.2 Å². The van der Waals surface area contributed by atoms with Gasteiger partial charge in [0.2, 0.25) is 0 Å². The molecule has 70 valence electrons. The molecule has 1 amide bonds. The second-order valence-electron chi connectivity index (χ2n) is 2.53. The van der Waals surface area contributed by atoms with Gasteiger partial charge in [0.1, 0.15) is 5.75 Å². The molecule has 3 nitrogen and oxygen atoms in total. The van der Waals surface area contributed by atoms with Crippen LogP contribution in [0.3, 0.4) is 0 Å². The number of alkyl halides is 1. The standard InChI is InChI=1S/C9H10ClNO2/c1-13-8-3-2-6(5-10)4-7(8)9(11)12/h2-4H,5H2,1H3,(H2,11,12).